The molecule has 3 aromatic rings. The Morgan fingerprint density at radius 2 is 1.69 bits per heavy atom. The molecule has 32 heavy (non-hydrogen) atoms. The number of amides is 1. The lowest BCUT2D eigenvalue weighted by Gasteiger charge is -2.47. The van der Waals surface area contributed by atoms with Gasteiger partial charge in [-0.3, -0.25) is 9.69 Å². The number of nitriles is 1. The molecule has 3 aromatic carbocycles. The van der Waals surface area contributed by atoms with Crippen LogP contribution in [0, 0.1) is 11.3 Å². The van der Waals surface area contributed by atoms with E-state index in [9.17, 15) is 15.2 Å². The molecule has 6 nitrogen and oxygen atoms in total. The van der Waals surface area contributed by atoms with E-state index < -0.39 is 17.7 Å². The van der Waals surface area contributed by atoms with E-state index in [1.165, 1.54) is 4.90 Å². The van der Waals surface area contributed by atoms with Gasteiger partial charge in [0.2, 0.25) is 0 Å². The molecule has 3 aliphatic rings. The van der Waals surface area contributed by atoms with Crippen molar-refractivity contribution < 1.29 is 19.4 Å². The third kappa shape index (κ3) is 2.65. The van der Waals surface area contributed by atoms with Gasteiger partial charge in [0.05, 0.1) is 26.2 Å². The summed E-state index contributed by atoms with van der Waals surface area (Å²) in [5.74, 6) is 0.164. The zero-order valence-electron chi connectivity index (χ0n) is 17.8. The highest BCUT2D eigenvalue weighted by molar-refractivity contribution is 5.96. The maximum Gasteiger partial charge on any atom is 0.257 e. The van der Waals surface area contributed by atoms with Gasteiger partial charge in [-0.2, -0.15) is 5.26 Å². The van der Waals surface area contributed by atoms with E-state index in [2.05, 4.69) is 6.07 Å². The van der Waals surface area contributed by atoms with Crippen LogP contribution in [0.3, 0.4) is 0 Å². The van der Waals surface area contributed by atoms with E-state index in [0.29, 0.717) is 17.1 Å². The van der Waals surface area contributed by atoms with E-state index in [0.717, 1.165) is 22.3 Å². The molecular weight excluding hydrogens is 404 g/mol. The molecule has 0 saturated carbocycles. The Morgan fingerprint density at radius 1 is 1.03 bits per heavy atom. The molecule has 2 aliphatic heterocycles. The van der Waals surface area contributed by atoms with E-state index in [4.69, 9.17) is 9.47 Å². The lowest BCUT2D eigenvalue weighted by molar-refractivity contribution is -0.0463. The number of ether oxygens (including phenoxy) is 2. The van der Waals surface area contributed by atoms with Gasteiger partial charge in [-0.25, -0.2) is 0 Å². The van der Waals surface area contributed by atoms with Crippen LogP contribution in [0.2, 0.25) is 0 Å². The first kappa shape index (κ1) is 20.1. The summed E-state index contributed by atoms with van der Waals surface area (Å²) in [6.45, 7) is 0. The first-order chi connectivity index (χ1) is 15.6. The van der Waals surface area contributed by atoms with Crippen molar-refractivity contribution in [1.82, 2.24) is 4.90 Å². The second-order valence-electron chi connectivity index (χ2n) is 8.07. The quantitative estimate of drug-likeness (QED) is 0.692. The van der Waals surface area contributed by atoms with Crippen molar-refractivity contribution in [2.75, 3.05) is 14.2 Å². The van der Waals surface area contributed by atoms with Crippen LogP contribution in [-0.2, 0) is 12.0 Å². The summed E-state index contributed by atoms with van der Waals surface area (Å²) in [6.07, 6.45) is -1.00. The number of hydrogen-bond acceptors (Lipinski definition) is 5. The highest BCUT2D eigenvalue weighted by Gasteiger charge is 2.56. The zero-order valence-corrected chi connectivity index (χ0v) is 17.8. The van der Waals surface area contributed by atoms with Gasteiger partial charge in [-0.1, -0.05) is 42.5 Å². The Bertz CT molecular complexity index is 1250. The Hall–Kier alpha value is -3.82. The Labute approximate surface area is 186 Å². The summed E-state index contributed by atoms with van der Waals surface area (Å²) in [7, 11) is 3.12. The summed E-state index contributed by atoms with van der Waals surface area (Å²) in [5, 5.41) is 22.2. The smallest absolute Gasteiger partial charge is 0.257 e. The van der Waals surface area contributed by atoms with Crippen LogP contribution >= 0.6 is 0 Å². The van der Waals surface area contributed by atoms with Crippen molar-refractivity contribution in [3.05, 3.63) is 94.5 Å². The molecule has 0 fully saturated rings. The molecule has 6 heteroatoms. The van der Waals surface area contributed by atoms with Gasteiger partial charge in [-0.05, 0) is 46.5 Å². The van der Waals surface area contributed by atoms with Gasteiger partial charge < -0.3 is 14.6 Å². The van der Waals surface area contributed by atoms with E-state index >= 15 is 0 Å². The summed E-state index contributed by atoms with van der Waals surface area (Å²) in [5.41, 5.74) is 2.28. The molecule has 3 atom stereocenters. The summed E-state index contributed by atoms with van der Waals surface area (Å²) in [6, 6.07) is 22.4. The number of carbonyl (C=O) groups is 1. The largest absolute Gasteiger partial charge is 0.493 e. The highest BCUT2D eigenvalue weighted by atomic mass is 16.5. The molecule has 0 aromatic heterocycles. The number of carbonyl (C=O) groups excluding carboxylic acids is 1. The van der Waals surface area contributed by atoms with Gasteiger partial charge in [0.15, 0.2) is 17.0 Å². The molecule has 6 rings (SSSR count). The molecule has 1 amide bonds. The molecule has 0 unspecified atom stereocenters. The minimum atomic E-state index is -1.37. The van der Waals surface area contributed by atoms with Crippen molar-refractivity contribution in [2.45, 2.75) is 24.1 Å². The topological polar surface area (TPSA) is 82.8 Å². The van der Waals surface area contributed by atoms with Crippen molar-refractivity contribution in [1.29, 1.82) is 5.26 Å². The first-order valence-corrected chi connectivity index (χ1v) is 10.4. The van der Waals surface area contributed by atoms with Crippen LogP contribution in [0.4, 0.5) is 0 Å². The number of benzene rings is 3. The van der Waals surface area contributed by atoms with Crippen molar-refractivity contribution in [3.63, 3.8) is 0 Å². The maximum absolute atomic E-state index is 13.7. The third-order valence-electron chi connectivity index (χ3n) is 6.57. The number of aliphatic hydroxyl groups is 1. The van der Waals surface area contributed by atoms with Gasteiger partial charge in [0, 0.05) is 12.0 Å². The fourth-order valence-electron chi connectivity index (χ4n) is 5.14. The minimum absolute atomic E-state index is 0.225. The van der Waals surface area contributed by atoms with Gasteiger partial charge in [0.1, 0.15) is 6.23 Å². The fourth-order valence-corrected chi connectivity index (χ4v) is 5.14. The number of rotatable bonds is 3. The molecule has 2 heterocycles. The number of methoxy groups -OCH3 is 2. The summed E-state index contributed by atoms with van der Waals surface area (Å²) >= 11 is 0. The van der Waals surface area contributed by atoms with Crippen LogP contribution in [-0.4, -0.2) is 36.4 Å². The van der Waals surface area contributed by atoms with Crippen LogP contribution in [0.1, 0.15) is 38.5 Å². The average molecular weight is 426 g/mol. The number of hydrogen-bond donors (Lipinski definition) is 1. The van der Waals surface area contributed by atoms with Crippen molar-refractivity contribution in [2.24, 2.45) is 0 Å². The SMILES string of the molecule is COc1cc2c(cc1OC)[C@@H]1c3ccccc3[C@@](C#N)(C2)N(C(=O)c2ccccc2)[C@@H]1O. The molecule has 0 spiro atoms. The maximum atomic E-state index is 13.7. The number of nitrogens with zero attached hydrogens (tertiary/aromatic N) is 2. The molecule has 0 saturated heterocycles. The molecule has 0 radical (unpaired) electrons. The molecule has 1 N–H and O–H groups in total. The van der Waals surface area contributed by atoms with Crippen LogP contribution in [0.15, 0.2) is 66.7 Å². The monoisotopic (exact) mass is 426 g/mol. The standard InChI is InChI=1S/C26H22N2O4/c1-31-21-12-17-14-26(15-27)20-11-7-6-10-18(20)23(19(17)13-22(21)32-2)25(30)28(26)24(29)16-8-4-3-5-9-16/h3-13,23,25,30H,14H2,1-2H3/t23-,25+,26-/m0/s1. The summed E-state index contributed by atoms with van der Waals surface area (Å²) < 4.78 is 11.0. The predicted octanol–water partition coefficient (Wildman–Crippen LogP) is 3.59. The van der Waals surface area contributed by atoms with Crippen molar-refractivity contribution >= 4 is 5.91 Å². The van der Waals surface area contributed by atoms with Gasteiger partial charge in [-0.15, -0.1) is 0 Å². The number of aliphatic hydroxyl groups excluding tert-OH is 1. The van der Waals surface area contributed by atoms with Gasteiger partial charge in [0.25, 0.3) is 5.91 Å². The van der Waals surface area contributed by atoms with Gasteiger partial charge >= 0.3 is 0 Å². The van der Waals surface area contributed by atoms with E-state index in [-0.39, 0.29) is 12.3 Å². The van der Waals surface area contributed by atoms with E-state index in [1.807, 2.05) is 42.5 Å². The number of fused-ring (bicyclic) bond motifs is 1. The zero-order chi connectivity index (χ0) is 22.5. The first-order valence-electron chi connectivity index (χ1n) is 10.4. The normalized spacial score (nSPS) is 22.9. The summed E-state index contributed by atoms with van der Waals surface area (Å²) in [4.78, 5) is 15.0. The van der Waals surface area contributed by atoms with Crippen LogP contribution in [0.25, 0.3) is 0 Å². The lowest BCUT2D eigenvalue weighted by Crippen LogP contribution is -2.58. The highest BCUT2D eigenvalue weighted by Crippen LogP contribution is 2.53. The third-order valence-corrected chi connectivity index (χ3v) is 6.57. The second-order valence-corrected chi connectivity index (χ2v) is 8.07. The van der Waals surface area contributed by atoms with Crippen molar-refractivity contribution in [3.8, 4) is 17.6 Å². The second kappa shape index (κ2) is 7.40. The van der Waals surface area contributed by atoms with Crippen LogP contribution in [0.5, 0.6) is 11.5 Å². The molecule has 1 aliphatic carbocycles. The Balaban J connectivity index is 1.81. The predicted molar refractivity (Wildman–Crippen MR) is 117 cm³/mol. The minimum Gasteiger partial charge on any atom is -0.493 e. The molecule has 160 valence electrons. The Kier molecular flexibility index (Phi) is 4.65. The van der Waals surface area contributed by atoms with Crippen LogP contribution < -0.4 is 9.47 Å². The lowest BCUT2D eigenvalue weighted by atomic mass is 9.76. The Morgan fingerprint density at radius 3 is 2.38 bits per heavy atom. The molecule has 2 bridgehead atoms. The fraction of sp³-hybridized carbons (Fsp3) is 0.231. The average Bonchev–Trinajstić information content (AvgIpc) is 3.03. The molecular formula is C26H22N2O4. The van der Waals surface area contributed by atoms with E-state index in [1.54, 1.807) is 38.5 Å².